The summed E-state index contributed by atoms with van der Waals surface area (Å²) in [6.07, 6.45) is 5.33. The number of piperidine rings is 1. The maximum Gasteiger partial charge on any atom is 0.256 e. The minimum Gasteiger partial charge on any atom is -0.492 e. The van der Waals surface area contributed by atoms with E-state index in [1.165, 1.54) is 25.9 Å². The van der Waals surface area contributed by atoms with Gasteiger partial charge in [-0.15, -0.1) is 0 Å². The van der Waals surface area contributed by atoms with E-state index in [0.29, 0.717) is 13.0 Å². The van der Waals surface area contributed by atoms with Gasteiger partial charge in [0, 0.05) is 25.9 Å². The van der Waals surface area contributed by atoms with E-state index in [1.807, 2.05) is 31.2 Å². The van der Waals surface area contributed by atoms with Crippen LogP contribution in [-0.4, -0.2) is 49.8 Å². The van der Waals surface area contributed by atoms with Crippen molar-refractivity contribution >= 4 is 11.6 Å². The number of hydrogen-bond acceptors (Lipinski definition) is 4. The second-order valence-corrected chi connectivity index (χ2v) is 7.91. The average Bonchev–Trinajstić information content (AvgIpc) is 2.67. The summed E-state index contributed by atoms with van der Waals surface area (Å²) >= 11 is 0. The summed E-state index contributed by atoms with van der Waals surface area (Å²) in [5, 5.41) is 2.95. The Bertz CT molecular complexity index is 575. The molecule has 0 saturated carbocycles. The molecular weight excluding hydrogens is 340 g/mol. The van der Waals surface area contributed by atoms with E-state index in [9.17, 15) is 4.79 Å². The molecule has 5 nitrogen and oxygen atoms in total. The molecule has 5 heteroatoms. The van der Waals surface area contributed by atoms with Gasteiger partial charge in [0.2, 0.25) is 0 Å². The van der Waals surface area contributed by atoms with E-state index in [0.717, 1.165) is 36.7 Å². The van der Waals surface area contributed by atoms with E-state index in [4.69, 9.17) is 9.47 Å². The van der Waals surface area contributed by atoms with Gasteiger partial charge in [-0.25, -0.2) is 0 Å². The Morgan fingerprint density at radius 1 is 1.33 bits per heavy atom. The summed E-state index contributed by atoms with van der Waals surface area (Å²) < 4.78 is 11.3. The number of carbonyl (C=O) groups excluding carboxylic acids is 1. The second-order valence-electron chi connectivity index (χ2n) is 7.91. The first-order valence-electron chi connectivity index (χ1n) is 10.3. The monoisotopic (exact) mass is 376 g/mol. The Morgan fingerprint density at radius 3 is 2.70 bits per heavy atom. The fraction of sp³-hybridized carbons (Fsp3) is 0.682. The molecule has 0 radical (unpaired) electrons. The third-order valence-electron chi connectivity index (χ3n) is 5.47. The zero-order valence-corrected chi connectivity index (χ0v) is 17.4. The largest absolute Gasteiger partial charge is 0.492 e. The first-order valence-corrected chi connectivity index (χ1v) is 10.3. The molecule has 0 bridgehead atoms. The molecule has 0 aromatic heterocycles. The molecule has 0 aliphatic carbocycles. The van der Waals surface area contributed by atoms with Crippen molar-refractivity contribution in [2.75, 3.05) is 38.7 Å². The van der Waals surface area contributed by atoms with Crippen LogP contribution in [0.2, 0.25) is 0 Å². The smallest absolute Gasteiger partial charge is 0.256 e. The molecular formula is C22H36N2O3. The average molecular weight is 377 g/mol. The summed E-state index contributed by atoms with van der Waals surface area (Å²) in [6.45, 7) is 10.3. The van der Waals surface area contributed by atoms with Crippen LogP contribution in [0.4, 0.5) is 5.69 Å². The summed E-state index contributed by atoms with van der Waals surface area (Å²) in [4.78, 5) is 15.0. The van der Waals surface area contributed by atoms with E-state index < -0.39 is 5.60 Å². The Balaban J connectivity index is 1.79. The van der Waals surface area contributed by atoms with Gasteiger partial charge in [-0.2, -0.15) is 0 Å². The highest BCUT2D eigenvalue weighted by Gasteiger charge is 2.32. The highest BCUT2D eigenvalue weighted by molar-refractivity contribution is 5.97. The van der Waals surface area contributed by atoms with Crippen molar-refractivity contribution in [3.05, 3.63) is 24.3 Å². The second kappa shape index (κ2) is 10.7. The van der Waals surface area contributed by atoms with E-state index in [2.05, 4.69) is 24.1 Å². The van der Waals surface area contributed by atoms with Gasteiger partial charge in [-0.1, -0.05) is 26.7 Å². The molecule has 1 aromatic carbocycles. The number of amides is 1. The summed E-state index contributed by atoms with van der Waals surface area (Å²) in [6, 6.07) is 7.58. The number of carbonyl (C=O) groups is 1. The van der Waals surface area contributed by atoms with Crippen molar-refractivity contribution in [1.29, 1.82) is 0 Å². The molecule has 2 atom stereocenters. The van der Waals surface area contributed by atoms with E-state index in [-0.39, 0.29) is 5.91 Å². The van der Waals surface area contributed by atoms with Crippen LogP contribution >= 0.6 is 0 Å². The lowest BCUT2D eigenvalue weighted by molar-refractivity contribution is -0.136. The number of nitrogens with zero attached hydrogens (tertiary/aromatic N) is 1. The number of unbranched alkanes of at least 4 members (excludes halogenated alkanes) is 1. The number of methoxy groups -OCH3 is 1. The van der Waals surface area contributed by atoms with Crippen molar-refractivity contribution < 1.29 is 14.3 Å². The van der Waals surface area contributed by atoms with Crippen LogP contribution in [0.15, 0.2) is 24.3 Å². The summed E-state index contributed by atoms with van der Waals surface area (Å²) in [5.41, 5.74) is -0.0338. The van der Waals surface area contributed by atoms with Crippen molar-refractivity contribution in [3.8, 4) is 5.75 Å². The lowest BCUT2D eigenvalue weighted by atomic mass is 9.97. The van der Waals surface area contributed by atoms with Gasteiger partial charge in [0.25, 0.3) is 5.91 Å². The highest BCUT2D eigenvalue weighted by atomic mass is 16.5. The number of rotatable bonds is 10. The number of benzene rings is 1. The summed E-state index contributed by atoms with van der Waals surface area (Å²) in [7, 11) is 1.59. The number of anilines is 1. The Morgan fingerprint density at radius 2 is 2.07 bits per heavy atom. The quantitative estimate of drug-likeness (QED) is 0.660. The highest BCUT2D eigenvalue weighted by Crippen LogP contribution is 2.22. The number of hydrogen-bond donors (Lipinski definition) is 1. The standard InChI is InChI=1S/C22H36N2O3/c1-5-6-13-22(3,26-4)21(25)23-19-9-11-20(12-10-19)27-16-15-24-14-7-8-18(2)17-24/h9-12,18H,5-8,13-17H2,1-4H3,(H,23,25)/t18-,22-/m1/s1. The predicted molar refractivity (Wildman–Crippen MR) is 110 cm³/mol. The maximum absolute atomic E-state index is 12.6. The zero-order chi connectivity index (χ0) is 19.7. The van der Waals surface area contributed by atoms with Crippen LogP contribution in [0.3, 0.4) is 0 Å². The van der Waals surface area contributed by atoms with Crippen LogP contribution in [0, 0.1) is 5.92 Å². The predicted octanol–water partition coefficient (Wildman–Crippen LogP) is 4.33. The molecule has 1 aliphatic heterocycles. The number of likely N-dealkylation sites (tertiary alicyclic amines) is 1. The molecule has 0 unspecified atom stereocenters. The molecule has 27 heavy (non-hydrogen) atoms. The molecule has 1 aromatic rings. The molecule has 1 heterocycles. The van der Waals surface area contributed by atoms with E-state index >= 15 is 0 Å². The van der Waals surface area contributed by atoms with Gasteiger partial charge in [0.1, 0.15) is 18.0 Å². The number of nitrogens with one attached hydrogen (secondary N) is 1. The maximum atomic E-state index is 12.6. The molecule has 0 spiro atoms. The van der Waals surface area contributed by atoms with Gasteiger partial charge < -0.3 is 14.8 Å². The topological polar surface area (TPSA) is 50.8 Å². The van der Waals surface area contributed by atoms with Crippen molar-refractivity contribution in [1.82, 2.24) is 4.90 Å². The van der Waals surface area contributed by atoms with Gasteiger partial charge >= 0.3 is 0 Å². The molecule has 1 N–H and O–H groups in total. The Labute approximate surface area is 164 Å². The van der Waals surface area contributed by atoms with Crippen LogP contribution < -0.4 is 10.1 Å². The zero-order valence-electron chi connectivity index (χ0n) is 17.4. The molecule has 2 rings (SSSR count). The van der Waals surface area contributed by atoms with Crippen molar-refractivity contribution in [3.63, 3.8) is 0 Å². The molecule has 152 valence electrons. The van der Waals surface area contributed by atoms with Crippen LogP contribution in [-0.2, 0) is 9.53 Å². The fourth-order valence-electron chi connectivity index (χ4n) is 3.50. The lowest BCUT2D eigenvalue weighted by Gasteiger charge is -2.30. The van der Waals surface area contributed by atoms with Crippen molar-refractivity contribution in [2.24, 2.45) is 5.92 Å². The van der Waals surface area contributed by atoms with Crippen LogP contribution in [0.25, 0.3) is 0 Å². The van der Waals surface area contributed by atoms with Gasteiger partial charge in [-0.3, -0.25) is 9.69 Å². The number of ether oxygens (including phenoxy) is 2. The normalized spacial score (nSPS) is 20.1. The van der Waals surface area contributed by atoms with Crippen LogP contribution in [0.1, 0.15) is 52.9 Å². The van der Waals surface area contributed by atoms with E-state index in [1.54, 1.807) is 7.11 Å². The lowest BCUT2D eigenvalue weighted by Crippen LogP contribution is -2.41. The fourth-order valence-corrected chi connectivity index (χ4v) is 3.50. The van der Waals surface area contributed by atoms with Gasteiger partial charge in [-0.05, 0) is 62.9 Å². The minimum atomic E-state index is -0.795. The Kier molecular flexibility index (Phi) is 8.58. The third kappa shape index (κ3) is 6.82. The molecule has 1 aliphatic rings. The molecule has 1 saturated heterocycles. The Hall–Kier alpha value is -1.59. The first-order chi connectivity index (χ1) is 13.0. The van der Waals surface area contributed by atoms with Crippen LogP contribution in [0.5, 0.6) is 5.75 Å². The van der Waals surface area contributed by atoms with Gasteiger partial charge in [0.05, 0.1) is 0 Å². The summed E-state index contributed by atoms with van der Waals surface area (Å²) in [5.74, 6) is 1.52. The SMILES string of the molecule is CCCC[C@@](C)(OC)C(=O)Nc1ccc(OCCN2CCC[C@@H](C)C2)cc1. The third-order valence-corrected chi connectivity index (χ3v) is 5.47. The first kappa shape index (κ1) is 21.7. The van der Waals surface area contributed by atoms with Crippen molar-refractivity contribution in [2.45, 2.75) is 58.5 Å². The van der Waals surface area contributed by atoms with Gasteiger partial charge in [0.15, 0.2) is 0 Å². The molecule has 1 fully saturated rings. The molecule has 1 amide bonds. The minimum absolute atomic E-state index is 0.105.